The SMILES string of the molecule is O=C(Cc1ccccc1F)c1cccc(OC2CC2)c1. The molecule has 1 fully saturated rings. The van der Waals surface area contributed by atoms with Crippen LogP contribution < -0.4 is 4.74 Å². The molecule has 0 saturated heterocycles. The Bertz CT molecular complexity index is 632. The Morgan fingerprint density at radius 1 is 1.15 bits per heavy atom. The van der Waals surface area contributed by atoms with Gasteiger partial charge in [0.2, 0.25) is 0 Å². The second-order valence-corrected chi connectivity index (χ2v) is 5.04. The molecular weight excluding hydrogens is 255 g/mol. The fourth-order valence-electron chi connectivity index (χ4n) is 2.04. The fourth-order valence-corrected chi connectivity index (χ4v) is 2.04. The molecule has 0 aliphatic heterocycles. The summed E-state index contributed by atoms with van der Waals surface area (Å²) in [5, 5.41) is 0. The van der Waals surface area contributed by atoms with Crippen molar-refractivity contribution in [3.63, 3.8) is 0 Å². The van der Waals surface area contributed by atoms with Crippen molar-refractivity contribution in [3.8, 4) is 5.75 Å². The quantitative estimate of drug-likeness (QED) is 0.773. The largest absolute Gasteiger partial charge is 0.490 e. The van der Waals surface area contributed by atoms with Gasteiger partial charge in [-0.25, -0.2) is 4.39 Å². The highest BCUT2D eigenvalue weighted by Crippen LogP contribution is 2.27. The third-order valence-electron chi connectivity index (χ3n) is 3.29. The lowest BCUT2D eigenvalue weighted by molar-refractivity contribution is 0.0991. The van der Waals surface area contributed by atoms with Gasteiger partial charge in [0.25, 0.3) is 0 Å². The maximum Gasteiger partial charge on any atom is 0.167 e. The van der Waals surface area contributed by atoms with Gasteiger partial charge in [-0.3, -0.25) is 4.79 Å². The van der Waals surface area contributed by atoms with Gasteiger partial charge in [-0.05, 0) is 36.6 Å². The smallest absolute Gasteiger partial charge is 0.167 e. The van der Waals surface area contributed by atoms with E-state index >= 15 is 0 Å². The van der Waals surface area contributed by atoms with Crippen molar-refractivity contribution >= 4 is 5.78 Å². The fraction of sp³-hybridized carbons (Fsp3) is 0.235. The lowest BCUT2D eigenvalue weighted by Crippen LogP contribution is -2.06. The van der Waals surface area contributed by atoms with Crippen molar-refractivity contribution in [1.82, 2.24) is 0 Å². The molecule has 1 aliphatic carbocycles. The number of halogens is 1. The Kier molecular flexibility index (Phi) is 3.50. The van der Waals surface area contributed by atoms with Gasteiger partial charge < -0.3 is 4.74 Å². The van der Waals surface area contributed by atoms with Crippen LogP contribution in [0.5, 0.6) is 5.75 Å². The summed E-state index contributed by atoms with van der Waals surface area (Å²) >= 11 is 0. The highest BCUT2D eigenvalue weighted by molar-refractivity contribution is 5.97. The number of carbonyl (C=O) groups is 1. The Labute approximate surface area is 117 Å². The lowest BCUT2D eigenvalue weighted by atomic mass is 10.0. The number of hydrogen-bond acceptors (Lipinski definition) is 2. The van der Waals surface area contributed by atoms with Gasteiger partial charge in [-0.15, -0.1) is 0 Å². The highest BCUT2D eigenvalue weighted by atomic mass is 19.1. The first kappa shape index (κ1) is 12.9. The van der Waals surface area contributed by atoms with Gasteiger partial charge in [0.05, 0.1) is 6.10 Å². The molecule has 3 heteroatoms. The van der Waals surface area contributed by atoms with E-state index in [2.05, 4.69) is 0 Å². The van der Waals surface area contributed by atoms with Crippen LogP contribution in [-0.4, -0.2) is 11.9 Å². The molecule has 0 bridgehead atoms. The molecule has 2 aromatic rings. The molecule has 3 rings (SSSR count). The summed E-state index contributed by atoms with van der Waals surface area (Å²) in [5.74, 6) is 0.273. The van der Waals surface area contributed by atoms with Crippen molar-refractivity contribution in [2.45, 2.75) is 25.4 Å². The maximum absolute atomic E-state index is 13.5. The average Bonchev–Trinajstić information content (AvgIpc) is 3.25. The number of rotatable bonds is 5. The average molecular weight is 270 g/mol. The van der Waals surface area contributed by atoms with Crippen molar-refractivity contribution < 1.29 is 13.9 Å². The molecule has 0 amide bonds. The molecule has 102 valence electrons. The van der Waals surface area contributed by atoms with Crippen LogP contribution in [0.2, 0.25) is 0 Å². The molecule has 2 aromatic carbocycles. The van der Waals surface area contributed by atoms with Gasteiger partial charge in [-0.2, -0.15) is 0 Å². The zero-order valence-electron chi connectivity index (χ0n) is 11.0. The van der Waals surface area contributed by atoms with Crippen LogP contribution in [0.3, 0.4) is 0 Å². The second kappa shape index (κ2) is 5.45. The van der Waals surface area contributed by atoms with Gasteiger partial charge >= 0.3 is 0 Å². The molecule has 0 atom stereocenters. The summed E-state index contributed by atoms with van der Waals surface area (Å²) in [6, 6.07) is 13.5. The number of ketones is 1. The molecule has 0 heterocycles. The van der Waals surface area contributed by atoms with E-state index in [4.69, 9.17) is 4.74 Å². The summed E-state index contributed by atoms with van der Waals surface area (Å²) in [7, 11) is 0. The van der Waals surface area contributed by atoms with E-state index in [-0.39, 0.29) is 18.0 Å². The van der Waals surface area contributed by atoms with Crippen molar-refractivity contribution in [1.29, 1.82) is 0 Å². The first-order valence-corrected chi connectivity index (χ1v) is 6.76. The minimum absolute atomic E-state index is 0.0690. The Hall–Kier alpha value is -2.16. The summed E-state index contributed by atoms with van der Waals surface area (Å²) in [5.41, 5.74) is 0.984. The van der Waals surface area contributed by atoms with Crippen molar-refractivity contribution in [2.24, 2.45) is 0 Å². The molecule has 0 spiro atoms. The van der Waals surface area contributed by atoms with Crippen LogP contribution in [0.1, 0.15) is 28.8 Å². The predicted octanol–water partition coefficient (Wildman–Crippen LogP) is 3.79. The first-order chi connectivity index (χ1) is 9.72. The molecule has 0 aromatic heterocycles. The maximum atomic E-state index is 13.5. The Morgan fingerprint density at radius 3 is 2.70 bits per heavy atom. The summed E-state index contributed by atoms with van der Waals surface area (Å²) in [6.07, 6.45) is 2.52. The van der Waals surface area contributed by atoms with Gasteiger partial charge in [-0.1, -0.05) is 30.3 Å². The third-order valence-corrected chi connectivity index (χ3v) is 3.29. The van der Waals surface area contributed by atoms with E-state index in [0.29, 0.717) is 23.0 Å². The van der Waals surface area contributed by atoms with E-state index in [1.54, 1.807) is 36.4 Å². The van der Waals surface area contributed by atoms with Gasteiger partial charge in [0.1, 0.15) is 11.6 Å². The topological polar surface area (TPSA) is 26.3 Å². The van der Waals surface area contributed by atoms with E-state index in [9.17, 15) is 9.18 Å². The van der Waals surface area contributed by atoms with Crippen LogP contribution in [-0.2, 0) is 6.42 Å². The van der Waals surface area contributed by atoms with Crippen LogP contribution in [0.25, 0.3) is 0 Å². The molecule has 20 heavy (non-hydrogen) atoms. The number of benzene rings is 2. The van der Waals surface area contributed by atoms with E-state index in [0.717, 1.165) is 12.8 Å². The lowest BCUT2D eigenvalue weighted by Gasteiger charge is -2.07. The molecular formula is C17H15FO2. The predicted molar refractivity (Wildman–Crippen MR) is 74.5 cm³/mol. The molecule has 0 radical (unpaired) electrons. The van der Waals surface area contributed by atoms with Crippen LogP contribution in [0.4, 0.5) is 4.39 Å². The second-order valence-electron chi connectivity index (χ2n) is 5.04. The molecule has 1 saturated carbocycles. The monoisotopic (exact) mass is 270 g/mol. The number of Topliss-reactive ketones (excluding diaryl/α,β-unsaturated/α-hetero) is 1. The summed E-state index contributed by atoms with van der Waals surface area (Å²) in [4.78, 5) is 12.2. The minimum Gasteiger partial charge on any atom is -0.490 e. The third kappa shape index (κ3) is 3.05. The highest BCUT2D eigenvalue weighted by Gasteiger charge is 2.23. The number of ether oxygens (including phenoxy) is 1. The normalized spacial score (nSPS) is 14.1. The number of hydrogen-bond donors (Lipinski definition) is 0. The first-order valence-electron chi connectivity index (χ1n) is 6.76. The van der Waals surface area contributed by atoms with Gasteiger partial charge in [0.15, 0.2) is 5.78 Å². The Balaban J connectivity index is 1.74. The van der Waals surface area contributed by atoms with Crippen LogP contribution in [0.15, 0.2) is 48.5 Å². The minimum atomic E-state index is -0.341. The van der Waals surface area contributed by atoms with Gasteiger partial charge in [0, 0.05) is 12.0 Å². The zero-order valence-corrected chi connectivity index (χ0v) is 11.0. The van der Waals surface area contributed by atoms with E-state index in [1.165, 1.54) is 6.07 Å². The van der Waals surface area contributed by atoms with Crippen molar-refractivity contribution in [2.75, 3.05) is 0 Å². The van der Waals surface area contributed by atoms with E-state index in [1.807, 2.05) is 6.07 Å². The van der Waals surface area contributed by atoms with Crippen LogP contribution >= 0.6 is 0 Å². The zero-order chi connectivity index (χ0) is 13.9. The molecule has 0 N–H and O–H groups in total. The van der Waals surface area contributed by atoms with E-state index < -0.39 is 0 Å². The Morgan fingerprint density at radius 2 is 1.95 bits per heavy atom. The van der Waals surface area contributed by atoms with Crippen LogP contribution in [0, 0.1) is 5.82 Å². The molecule has 0 unspecified atom stereocenters. The number of carbonyl (C=O) groups excluding carboxylic acids is 1. The van der Waals surface area contributed by atoms with Crippen molar-refractivity contribution in [3.05, 3.63) is 65.5 Å². The standard InChI is InChI=1S/C17H15FO2/c18-16-7-2-1-4-12(16)11-17(19)13-5-3-6-15(10-13)20-14-8-9-14/h1-7,10,14H,8-9,11H2. The summed E-state index contributed by atoms with van der Waals surface area (Å²) in [6.45, 7) is 0. The molecule has 1 aliphatic rings. The summed E-state index contributed by atoms with van der Waals surface area (Å²) < 4.78 is 19.2. The molecule has 2 nitrogen and oxygen atoms in total.